The predicted molar refractivity (Wildman–Crippen MR) is 127 cm³/mol. The number of nitrogens with one attached hydrogen (secondary N) is 1. The normalized spacial score (nSPS) is 10.8. The third kappa shape index (κ3) is 7.98. The lowest BCUT2D eigenvalue weighted by Crippen LogP contribution is -2.22. The van der Waals surface area contributed by atoms with Crippen LogP contribution < -0.4 is 25.3 Å². The minimum atomic E-state index is 0. The highest BCUT2D eigenvalue weighted by Gasteiger charge is 2.07. The summed E-state index contributed by atoms with van der Waals surface area (Å²) in [5, 5.41) is 3.06. The molecule has 2 aromatic carbocycles. The lowest BCUT2D eigenvalue weighted by molar-refractivity contribution is 0.172. The van der Waals surface area contributed by atoms with Crippen molar-refractivity contribution in [2.45, 2.75) is 19.9 Å². The molecular formula is C21H30IN3O4. The van der Waals surface area contributed by atoms with Gasteiger partial charge in [-0.25, -0.2) is 4.99 Å². The summed E-state index contributed by atoms with van der Waals surface area (Å²) in [6.07, 6.45) is 0.830. The number of anilines is 1. The van der Waals surface area contributed by atoms with Gasteiger partial charge in [0.25, 0.3) is 0 Å². The number of methoxy groups -OCH3 is 3. The fourth-order valence-electron chi connectivity index (χ4n) is 2.58. The molecule has 0 fully saturated rings. The smallest absolute Gasteiger partial charge is 0.193 e. The zero-order valence-corrected chi connectivity index (χ0v) is 19.7. The van der Waals surface area contributed by atoms with Crippen molar-refractivity contribution in [3.8, 4) is 17.2 Å². The molecule has 0 bridgehead atoms. The van der Waals surface area contributed by atoms with E-state index in [4.69, 9.17) is 24.7 Å². The number of benzene rings is 2. The highest BCUT2D eigenvalue weighted by molar-refractivity contribution is 14.0. The molecule has 2 rings (SSSR count). The molecule has 0 radical (unpaired) electrons. The SMILES string of the molecule is COCCCOc1cc(C)ccc1CN=C(N)Nc1ccc(OC)c(OC)c1.I. The van der Waals surface area contributed by atoms with Gasteiger partial charge in [-0.05, 0) is 30.7 Å². The Labute approximate surface area is 189 Å². The van der Waals surface area contributed by atoms with Gasteiger partial charge >= 0.3 is 0 Å². The van der Waals surface area contributed by atoms with E-state index < -0.39 is 0 Å². The quantitative estimate of drug-likeness (QED) is 0.216. The monoisotopic (exact) mass is 515 g/mol. The van der Waals surface area contributed by atoms with E-state index in [-0.39, 0.29) is 24.0 Å². The topological polar surface area (TPSA) is 87.3 Å². The number of aryl methyl sites for hydroxylation is 1. The maximum absolute atomic E-state index is 6.04. The fourth-order valence-corrected chi connectivity index (χ4v) is 2.58. The summed E-state index contributed by atoms with van der Waals surface area (Å²) in [5.74, 6) is 2.39. The van der Waals surface area contributed by atoms with E-state index in [2.05, 4.69) is 10.3 Å². The number of nitrogens with zero attached hydrogens (tertiary/aromatic N) is 1. The second-order valence-corrected chi connectivity index (χ2v) is 6.20. The highest BCUT2D eigenvalue weighted by Crippen LogP contribution is 2.29. The van der Waals surface area contributed by atoms with Gasteiger partial charge in [0.15, 0.2) is 17.5 Å². The number of hydrogen-bond acceptors (Lipinski definition) is 5. The number of guanidine groups is 1. The Balaban J connectivity index is 0.00000420. The Morgan fingerprint density at radius 2 is 1.72 bits per heavy atom. The molecule has 0 aliphatic heterocycles. The Bertz CT molecular complexity index is 799. The largest absolute Gasteiger partial charge is 0.493 e. The third-order valence-electron chi connectivity index (χ3n) is 4.05. The molecule has 29 heavy (non-hydrogen) atoms. The Kier molecular flexibility index (Phi) is 11.2. The number of hydrogen-bond donors (Lipinski definition) is 2. The summed E-state index contributed by atoms with van der Waals surface area (Å²) < 4.78 is 21.5. The summed E-state index contributed by atoms with van der Waals surface area (Å²) in [6.45, 7) is 3.70. The summed E-state index contributed by atoms with van der Waals surface area (Å²) in [7, 11) is 4.86. The third-order valence-corrected chi connectivity index (χ3v) is 4.05. The molecule has 0 aliphatic rings. The first kappa shape index (κ1) is 24.8. The van der Waals surface area contributed by atoms with Crippen molar-refractivity contribution in [1.29, 1.82) is 0 Å². The van der Waals surface area contributed by atoms with E-state index >= 15 is 0 Å². The average Bonchev–Trinajstić information content (AvgIpc) is 2.70. The molecule has 0 amide bonds. The van der Waals surface area contributed by atoms with Crippen LogP contribution in [-0.2, 0) is 11.3 Å². The second kappa shape index (κ2) is 13.1. The summed E-state index contributed by atoms with van der Waals surface area (Å²) in [6, 6.07) is 11.5. The van der Waals surface area contributed by atoms with Crippen molar-refractivity contribution >= 4 is 35.6 Å². The average molecular weight is 515 g/mol. The summed E-state index contributed by atoms with van der Waals surface area (Å²) in [5.41, 5.74) is 8.91. The molecule has 0 heterocycles. The van der Waals surface area contributed by atoms with Gasteiger partial charge in [0.2, 0.25) is 0 Å². The molecule has 0 saturated heterocycles. The van der Waals surface area contributed by atoms with Crippen LogP contribution in [0.2, 0.25) is 0 Å². The zero-order valence-electron chi connectivity index (χ0n) is 17.4. The van der Waals surface area contributed by atoms with Gasteiger partial charge in [0.1, 0.15) is 5.75 Å². The van der Waals surface area contributed by atoms with Crippen LogP contribution in [0.5, 0.6) is 17.2 Å². The molecule has 2 aromatic rings. The van der Waals surface area contributed by atoms with Gasteiger partial charge in [-0.3, -0.25) is 0 Å². The molecule has 0 saturated carbocycles. The Hall–Kier alpha value is -2.20. The molecule has 3 N–H and O–H groups in total. The van der Waals surface area contributed by atoms with E-state index in [1.54, 1.807) is 33.5 Å². The van der Waals surface area contributed by atoms with Crippen LogP contribution in [0.25, 0.3) is 0 Å². The lowest BCUT2D eigenvalue weighted by Gasteiger charge is -2.12. The van der Waals surface area contributed by atoms with Gasteiger partial charge in [0.05, 0.1) is 27.4 Å². The molecule has 160 valence electrons. The number of nitrogens with two attached hydrogens (primary N) is 1. The van der Waals surface area contributed by atoms with Gasteiger partial charge < -0.3 is 30.0 Å². The van der Waals surface area contributed by atoms with Crippen LogP contribution in [0.4, 0.5) is 5.69 Å². The van der Waals surface area contributed by atoms with Crippen molar-refractivity contribution < 1.29 is 18.9 Å². The van der Waals surface area contributed by atoms with Crippen molar-refractivity contribution in [3.05, 3.63) is 47.5 Å². The van der Waals surface area contributed by atoms with Gasteiger partial charge in [-0.2, -0.15) is 0 Å². The minimum Gasteiger partial charge on any atom is -0.493 e. The Morgan fingerprint density at radius 3 is 2.41 bits per heavy atom. The van der Waals surface area contributed by atoms with Crippen LogP contribution in [0.1, 0.15) is 17.5 Å². The van der Waals surface area contributed by atoms with Crippen molar-refractivity contribution in [2.24, 2.45) is 10.7 Å². The number of rotatable bonds is 10. The molecule has 0 spiro atoms. The van der Waals surface area contributed by atoms with Gasteiger partial charge in [-0.15, -0.1) is 24.0 Å². The number of halogens is 1. The van der Waals surface area contributed by atoms with Crippen LogP contribution in [0.15, 0.2) is 41.4 Å². The minimum absolute atomic E-state index is 0. The van der Waals surface area contributed by atoms with Crippen LogP contribution in [0, 0.1) is 6.92 Å². The number of ether oxygens (including phenoxy) is 4. The molecule has 7 nitrogen and oxygen atoms in total. The Morgan fingerprint density at radius 1 is 0.966 bits per heavy atom. The zero-order chi connectivity index (χ0) is 20.4. The van der Waals surface area contributed by atoms with Crippen LogP contribution >= 0.6 is 24.0 Å². The molecule has 0 atom stereocenters. The fraction of sp³-hybridized carbons (Fsp3) is 0.381. The molecule has 0 aliphatic carbocycles. The first-order valence-corrected chi connectivity index (χ1v) is 9.07. The highest BCUT2D eigenvalue weighted by atomic mass is 127. The van der Waals surface area contributed by atoms with E-state index in [1.807, 2.05) is 31.2 Å². The van der Waals surface area contributed by atoms with E-state index in [1.165, 1.54) is 0 Å². The van der Waals surface area contributed by atoms with E-state index in [0.29, 0.717) is 37.2 Å². The van der Waals surface area contributed by atoms with Crippen molar-refractivity contribution in [3.63, 3.8) is 0 Å². The van der Waals surface area contributed by atoms with E-state index in [0.717, 1.165) is 29.0 Å². The lowest BCUT2D eigenvalue weighted by atomic mass is 10.1. The summed E-state index contributed by atoms with van der Waals surface area (Å²) in [4.78, 5) is 4.43. The van der Waals surface area contributed by atoms with Crippen LogP contribution in [0.3, 0.4) is 0 Å². The van der Waals surface area contributed by atoms with E-state index in [9.17, 15) is 0 Å². The molecule has 0 unspecified atom stereocenters. The first-order valence-electron chi connectivity index (χ1n) is 9.07. The maximum Gasteiger partial charge on any atom is 0.193 e. The predicted octanol–water partition coefficient (Wildman–Crippen LogP) is 3.97. The van der Waals surface area contributed by atoms with Crippen molar-refractivity contribution in [2.75, 3.05) is 39.9 Å². The maximum atomic E-state index is 6.04. The molecular weight excluding hydrogens is 485 g/mol. The van der Waals surface area contributed by atoms with Crippen LogP contribution in [-0.4, -0.2) is 40.5 Å². The second-order valence-electron chi connectivity index (χ2n) is 6.20. The first-order chi connectivity index (χ1) is 13.6. The van der Waals surface area contributed by atoms with Crippen molar-refractivity contribution in [1.82, 2.24) is 0 Å². The van der Waals surface area contributed by atoms with Gasteiger partial charge in [0, 0.05) is 37.5 Å². The molecule has 0 aromatic heterocycles. The van der Waals surface area contributed by atoms with Gasteiger partial charge in [-0.1, -0.05) is 12.1 Å². The standard InChI is InChI=1S/C21H29N3O4.HI/c1-15-6-7-16(19(12-15)28-11-5-10-25-2)14-23-21(22)24-17-8-9-18(26-3)20(13-17)27-4;/h6-9,12-13H,5,10-11,14H2,1-4H3,(H3,22,23,24);1H. The summed E-state index contributed by atoms with van der Waals surface area (Å²) >= 11 is 0. The molecule has 8 heteroatoms. The number of aliphatic imine (C=N–C) groups is 1.